The monoisotopic (exact) mass is 284 g/mol. The van der Waals surface area contributed by atoms with Crippen molar-refractivity contribution in [2.75, 3.05) is 5.32 Å². The molecule has 0 radical (unpaired) electrons. The zero-order valence-electron chi connectivity index (χ0n) is 9.75. The Hall–Kier alpha value is -0.870. The molecular formula is C12H17BrN2O. The Morgan fingerprint density at radius 3 is 2.56 bits per heavy atom. The van der Waals surface area contributed by atoms with Gasteiger partial charge in [-0.05, 0) is 23.6 Å². The van der Waals surface area contributed by atoms with Gasteiger partial charge in [-0.3, -0.25) is 4.79 Å². The minimum atomic E-state index is -0.522. The minimum Gasteiger partial charge on any atom is -0.325 e. The highest BCUT2D eigenvalue weighted by atomic mass is 79.9. The molecule has 3 nitrogen and oxygen atoms in total. The van der Waals surface area contributed by atoms with Gasteiger partial charge in [-0.15, -0.1) is 0 Å². The summed E-state index contributed by atoms with van der Waals surface area (Å²) in [6, 6.07) is 6.92. The maximum atomic E-state index is 11.8. The van der Waals surface area contributed by atoms with Crippen molar-refractivity contribution in [3.63, 3.8) is 0 Å². The number of nitrogens with one attached hydrogen (secondary N) is 1. The Balaban J connectivity index is 2.72. The van der Waals surface area contributed by atoms with Gasteiger partial charge in [0, 0.05) is 10.2 Å². The molecule has 0 saturated heterocycles. The van der Waals surface area contributed by atoms with Crippen LogP contribution in [0.1, 0.15) is 20.8 Å². The van der Waals surface area contributed by atoms with Gasteiger partial charge in [0.25, 0.3) is 0 Å². The number of carbonyl (C=O) groups is 1. The molecular weight excluding hydrogens is 268 g/mol. The van der Waals surface area contributed by atoms with Crippen LogP contribution in [0.25, 0.3) is 0 Å². The van der Waals surface area contributed by atoms with Crippen molar-refractivity contribution >= 4 is 27.5 Å². The molecule has 3 N–H and O–H groups in total. The first-order chi connectivity index (χ1) is 7.30. The van der Waals surface area contributed by atoms with Crippen molar-refractivity contribution in [2.24, 2.45) is 11.1 Å². The van der Waals surface area contributed by atoms with Crippen LogP contribution in [0.4, 0.5) is 5.69 Å². The SMILES string of the molecule is CC(C)(C)[C@H](N)C(=O)Nc1cccc(Br)c1. The number of amides is 1. The van der Waals surface area contributed by atoms with Gasteiger partial charge in [-0.25, -0.2) is 0 Å². The second kappa shape index (κ2) is 4.97. The molecule has 88 valence electrons. The smallest absolute Gasteiger partial charge is 0.241 e. The molecule has 0 aliphatic rings. The van der Waals surface area contributed by atoms with E-state index in [0.29, 0.717) is 0 Å². The molecule has 4 heteroatoms. The molecule has 0 spiro atoms. The van der Waals surface area contributed by atoms with Crippen LogP contribution in [0.5, 0.6) is 0 Å². The van der Waals surface area contributed by atoms with E-state index in [-0.39, 0.29) is 11.3 Å². The predicted molar refractivity (Wildman–Crippen MR) is 70.2 cm³/mol. The van der Waals surface area contributed by atoms with Crippen molar-refractivity contribution < 1.29 is 4.79 Å². The van der Waals surface area contributed by atoms with Crippen LogP contribution in [-0.4, -0.2) is 11.9 Å². The number of rotatable bonds is 2. The molecule has 1 atom stereocenters. The van der Waals surface area contributed by atoms with Crippen molar-refractivity contribution in [3.8, 4) is 0 Å². The first-order valence-corrected chi connectivity index (χ1v) is 5.92. The van der Waals surface area contributed by atoms with Crippen molar-refractivity contribution in [2.45, 2.75) is 26.8 Å². The zero-order valence-corrected chi connectivity index (χ0v) is 11.3. The van der Waals surface area contributed by atoms with E-state index in [1.807, 2.05) is 45.0 Å². The van der Waals surface area contributed by atoms with E-state index in [0.717, 1.165) is 10.2 Å². The highest BCUT2D eigenvalue weighted by molar-refractivity contribution is 9.10. The van der Waals surface area contributed by atoms with Gasteiger partial charge in [0.2, 0.25) is 5.91 Å². The summed E-state index contributed by atoms with van der Waals surface area (Å²) < 4.78 is 0.926. The van der Waals surface area contributed by atoms with Crippen LogP contribution in [0.15, 0.2) is 28.7 Å². The van der Waals surface area contributed by atoms with Gasteiger partial charge in [-0.2, -0.15) is 0 Å². The summed E-state index contributed by atoms with van der Waals surface area (Å²) in [6.45, 7) is 5.83. The number of anilines is 1. The molecule has 0 unspecified atom stereocenters. The third-order valence-electron chi connectivity index (χ3n) is 2.31. The lowest BCUT2D eigenvalue weighted by molar-refractivity contribution is -0.119. The van der Waals surface area contributed by atoms with Gasteiger partial charge in [0.15, 0.2) is 0 Å². The molecule has 0 heterocycles. The fraction of sp³-hybridized carbons (Fsp3) is 0.417. The molecule has 16 heavy (non-hydrogen) atoms. The highest BCUT2D eigenvalue weighted by Gasteiger charge is 2.27. The first kappa shape index (κ1) is 13.2. The Morgan fingerprint density at radius 2 is 2.06 bits per heavy atom. The van der Waals surface area contributed by atoms with E-state index in [9.17, 15) is 4.79 Å². The quantitative estimate of drug-likeness (QED) is 0.877. The van der Waals surface area contributed by atoms with Crippen LogP contribution in [0, 0.1) is 5.41 Å². The topological polar surface area (TPSA) is 55.1 Å². The van der Waals surface area contributed by atoms with Crippen LogP contribution >= 0.6 is 15.9 Å². The predicted octanol–water partition coefficient (Wildman–Crippen LogP) is 2.76. The number of hydrogen-bond donors (Lipinski definition) is 2. The van der Waals surface area contributed by atoms with E-state index in [2.05, 4.69) is 21.2 Å². The summed E-state index contributed by atoms with van der Waals surface area (Å²) in [5.41, 5.74) is 6.37. The van der Waals surface area contributed by atoms with Crippen LogP contribution in [-0.2, 0) is 4.79 Å². The largest absolute Gasteiger partial charge is 0.325 e. The third kappa shape index (κ3) is 3.61. The molecule has 0 aromatic heterocycles. The van der Waals surface area contributed by atoms with E-state index >= 15 is 0 Å². The fourth-order valence-corrected chi connectivity index (χ4v) is 1.58. The molecule has 0 aliphatic carbocycles. The normalized spacial score (nSPS) is 13.3. The fourth-order valence-electron chi connectivity index (χ4n) is 1.18. The highest BCUT2D eigenvalue weighted by Crippen LogP contribution is 2.20. The van der Waals surface area contributed by atoms with E-state index in [1.165, 1.54) is 0 Å². The van der Waals surface area contributed by atoms with Gasteiger partial charge in [0.1, 0.15) is 0 Å². The van der Waals surface area contributed by atoms with E-state index in [1.54, 1.807) is 0 Å². The number of hydrogen-bond acceptors (Lipinski definition) is 2. The maximum Gasteiger partial charge on any atom is 0.241 e. The first-order valence-electron chi connectivity index (χ1n) is 5.13. The summed E-state index contributed by atoms with van der Waals surface area (Å²) in [5, 5.41) is 2.80. The number of carbonyl (C=O) groups excluding carboxylic acids is 1. The molecule has 0 saturated carbocycles. The Morgan fingerprint density at radius 1 is 1.44 bits per heavy atom. The Labute approximate surface area is 105 Å². The average Bonchev–Trinajstić information content (AvgIpc) is 2.15. The molecule has 0 bridgehead atoms. The molecule has 0 aliphatic heterocycles. The summed E-state index contributed by atoms with van der Waals surface area (Å²) in [6.07, 6.45) is 0. The van der Waals surface area contributed by atoms with Gasteiger partial charge < -0.3 is 11.1 Å². The van der Waals surface area contributed by atoms with Crippen molar-refractivity contribution in [1.82, 2.24) is 0 Å². The van der Waals surface area contributed by atoms with Crippen molar-refractivity contribution in [1.29, 1.82) is 0 Å². The summed E-state index contributed by atoms with van der Waals surface area (Å²) >= 11 is 3.35. The summed E-state index contributed by atoms with van der Waals surface area (Å²) in [5.74, 6) is -0.161. The maximum absolute atomic E-state index is 11.8. The minimum absolute atomic E-state index is 0.161. The van der Waals surface area contributed by atoms with Gasteiger partial charge in [-0.1, -0.05) is 42.8 Å². The molecule has 1 amide bonds. The third-order valence-corrected chi connectivity index (χ3v) is 2.80. The second-order valence-electron chi connectivity index (χ2n) is 4.84. The van der Waals surface area contributed by atoms with Crippen LogP contribution in [0.2, 0.25) is 0 Å². The lowest BCUT2D eigenvalue weighted by Crippen LogP contribution is -2.45. The van der Waals surface area contributed by atoms with E-state index in [4.69, 9.17) is 5.73 Å². The van der Waals surface area contributed by atoms with Gasteiger partial charge >= 0.3 is 0 Å². The van der Waals surface area contributed by atoms with Gasteiger partial charge in [0.05, 0.1) is 6.04 Å². The molecule has 1 aromatic carbocycles. The van der Waals surface area contributed by atoms with Crippen molar-refractivity contribution in [3.05, 3.63) is 28.7 Å². The molecule has 0 fully saturated rings. The molecule has 1 aromatic rings. The summed E-state index contributed by atoms with van der Waals surface area (Å²) in [7, 11) is 0. The Kier molecular flexibility index (Phi) is 4.10. The average molecular weight is 285 g/mol. The number of halogens is 1. The van der Waals surface area contributed by atoms with Crippen LogP contribution in [0.3, 0.4) is 0 Å². The lowest BCUT2D eigenvalue weighted by atomic mass is 9.87. The lowest BCUT2D eigenvalue weighted by Gasteiger charge is -2.25. The number of nitrogens with two attached hydrogens (primary N) is 1. The molecule has 1 rings (SSSR count). The van der Waals surface area contributed by atoms with Crippen LogP contribution < -0.4 is 11.1 Å². The summed E-state index contributed by atoms with van der Waals surface area (Å²) in [4.78, 5) is 11.8. The van der Waals surface area contributed by atoms with E-state index < -0.39 is 6.04 Å². The second-order valence-corrected chi connectivity index (χ2v) is 5.76. The zero-order chi connectivity index (χ0) is 12.3. The Bertz CT molecular complexity index is 385. The standard InChI is InChI=1S/C12H17BrN2O/c1-12(2,3)10(14)11(16)15-9-6-4-5-8(13)7-9/h4-7,10H,14H2,1-3H3,(H,15,16)/t10-/m1/s1. The number of benzene rings is 1.